The topological polar surface area (TPSA) is 70.8 Å². The Morgan fingerprint density at radius 2 is 1.91 bits per heavy atom. The molecule has 0 aromatic carbocycles. The van der Waals surface area contributed by atoms with Crippen LogP contribution in [0.5, 0.6) is 0 Å². The summed E-state index contributed by atoms with van der Waals surface area (Å²) in [6.45, 7) is 4.37. The number of hydrogen-bond donors (Lipinski definition) is 0. The van der Waals surface area contributed by atoms with Crippen LogP contribution in [-0.4, -0.2) is 58.8 Å². The molecule has 4 rings (SSSR count). The number of aryl methyl sites for hydroxylation is 1. The number of aromatic nitrogens is 3. The van der Waals surface area contributed by atoms with Gasteiger partial charge in [-0.15, -0.1) is 0 Å². The van der Waals surface area contributed by atoms with Crippen LogP contribution < -0.4 is 4.90 Å². The van der Waals surface area contributed by atoms with Gasteiger partial charge in [-0.25, -0.2) is 17.9 Å². The van der Waals surface area contributed by atoms with Crippen LogP contribution in [0.3, 0.4) is 0 Å². The maximum Gasteiger partial charge on any atom is 0.217 e. The van der Waals surface area contributed by atoms with Gasteiger partial charge in [-0.05, 0) is 25.8 Å². The predicted octanol–water partition coefficient (Wildman–Crippen LogP) is 0.652. The van der Waals surface area contributed by atoms with Crippen molar-refractivity contribution in [3.63, 3.8) is 0 Å². The fourth-order valence-corrected chi connectivity index (χ4v) is 4.83. The summed E-state index contributed by atoms with van der Waals surface area (Å²) in [4.78, 5) is 6.62. The van der Waals surface area contributed by atoms with E-state index in [-0.39, 0.29) is 5.25 Å². The van der Waals surface area contributed by atoms with Crippen molar-refractivity contribution in [3.8, 4) is 0 Å². The molecule has 0 amide bonds. The normalized spacial score (nSPS) is 20.7. The SMILES string of the molecule is Cc1cc2c(N3CCN(S(=O)(=O)C4CC4)CC3)nccn2n1. The van der Waals surface area contributed by atoms with Gasteiger partial charge < -0.3 is 4.90 Å². The molecule has 2 aromatic rings. The molecule has 1 saturated carbocycles. The minimum absolute atomic E-state index is 0.127. The molecule has 3 heterocycles. The zero-order valence-corrected chi connectivity index (χ0v) is 13.3. The smallest absolute Gasteiger partial charge is 0.217 e. The lowest BCUT2D eigenvalue weighted by atomic mass is 10.3. The fraction of sp³-hybridized carbons (Fsp3) is 0.571. The Morgan fingerprint density at radius 3 is 2.59 bits per heavy atom. The number of anilines is 1. The summed E-state index contributed by atoms with van der Waals surface area (Å²) >= 11 is 0. The van der Waals surface area contributed by atoms with E-state index in [1.54, 1.807) is 10.5 Å². The van der Waals surface area contributed by atoms with Gasteiger partial charge in [0.15, 0.2) is 5.82 Å². The van der Waals surface area contributed by atoms with E-state index in [4.69, 9.17) is 0 Å². The highest BCUT2D eigenvalue weighted by molar-refractivity contribution is 7.90. The van der Waals surface area contributed by atoms with Crippen molar-refractivity contribution in [2.45, 2.75) is 25.0 Å². The zero-order valence-electron chi connectivity index (χ0n) is 12.5. The Labute approximate surface area is 129 Å². The minimum atomic E-state index is -3.06. The van der Waals surface area contributed by atoms with Crippen LogP contribution in [0.2, 0.25) is 0 Å². The van der Waals surface area contributed by atoms with Gasteiger partial charge in [0.25, 0.3) is 0 Å². The number of piperazine rings is 1. The highest BCUT2D eigenvalue weighted by Gasteiger charge is 2.41. The Balaban J connectivity index is 1.55. The van der Waals surface area contributed by atoms with Crippen molar-refractivity contribution in [1.29, 1.82) is 0 Å². The van der Waals surface area contributed by atoms with Crippen molar-refractivity contribution in [2.75, 3.05) is 31.1 Å². The molecule has 1 saturated heterocycles. The van der Waals surface area contributed by atoms with Crippen LogP contribution >= 0.6 is 0 Å². The van der Waals surface area contributed by atoms with Crippen LogP contribution in [-0.2, 0) is 10.0 Å². The Kier molecular flexibility index (Phi) is 3.12. The average molecular weight is 321 g/mol. The monoisotopic (exact) mass is 321 g/mol. The van der Waals surface area contributed by atoms with Gasteiger partial charge >= 0.3 is 0 Å². The van der Waals surface area contributed by atoms with E-state index < -0.39 is 10.0 Å². The molecule has 0 N–H and O–H groups in total. The average Bonchev–Trinajstić information content (AvgIpc) is 3.29. The second-order valence-corrected chi connectivity index (χ2v) is 8.21. The summed E-state index contributed by atoms with van der Waals surface area (Å²) in [7, 11) is -3.06. The standard InChI is InChI=1S/C14H19N5O2S/c1-11-10-13-14(15-4-5-19(13)16-11)17-6-8-18(9-7-17)22(20,21)12-2-3-12/h4-5,10,12H,2-3,6-9H2,1H3. The molecule has 1 aliphatic heterocycles. The third-order valence-electron chi connectivity index (χ3n) is 4.34. The lowest BCUT2D eigenvalue weighted by Gasteiger charge is -2.34. The second-order valence-electron chi connectivity index (χ2n) is 6.00. The zero-order chi connectivity index (χ0) is 15.3. The number of fused-ring (bicyclic) bond motifs is 1. The molecule has 0 unspecified atom stereocenters. The predicted molar refractivity (Wildman–Crippen MR) is 83.5 cm³/mol. The van der Waals surface area contributed by atoms with Gasteiger partial charge in [-0.1, -0.05) is 0 Å². The van der Waals surface area contributed by atoms with E-state index in [0.717, 1.165) is 29.9 Å². The van der Waals surface area contributed by atoms with Gasteiger partial charge in [0, 0.05) is 38.6 Å². The number of rotatable bonds is 3. The summed E-state index contributed by atoms with van der Waals surface area (Å²) in [6.07, 6.45) is 5.21. The van der Waals surface area contributed by atoms with Crippen molar-refractivity contribution in [2.24, 2.45) is 0 Å². The maximum atomic E-state index is 12.3. The fourth-order valence-electron chi connectivity index (χ4n) is 3.01. The van der Waals surface area contributed by atoms with E-state index in [9.17, 15) is 8.42 Å². The van der Waals surface area contributed by atoms with Crippen LogP contribution in [0.15, 0.2) is 18.5 Å². The summed E-state index contributed by atoms with van der Waals surface area (Å²) in [6, 6.07) is 2.01. The molecule has 0 bridgehead atoms. The van der Waals surface area contributed by atoms with Crippen molar-refractivity contribution in [3.05, 3.63) is 24.2 Å². The number of sulfonamides is 1. The first kappa shape index (κ1) is 14.0. The van der Waals surface area contributed by atoms with Gasteiger partial charge in [-0.2, -0.15) is 9.40 Å². The molecule has 0 spiro atoms. The van der Waals surface area contributed by atoms with E-state index in [0.29, 0.717) is 26.2 Å². The van der Waals surface area contributed by atoms with E-state index in [2.05, 4.69) is 15.0 Å². The summed E-state index contributed by atoms with van der Waals surface area (Å²) in [5, 5.41) is 4.27. The summed E-state index contributed by atoms with van der Waals surface area (Å²) in [5.41, 5.74) is 1.92. The lowest BCUT2D eigenvalue weighted by molar-refractivity contribution is 0.383. The van der Waals surface area contributed by atoms with Crippen LogP contribution in [0, 0.1) is 6.92 Å². The highest BCUT2D eigenvalue weighted by Crippen LogP contribution is 2.32. The van der Waals surface area contributed by atoms with Crippen LogP contribution in [0.25, 0.3) is 5.52 Å². The van der Waals surface area contributed by atoms with Gasteiger partial charge in [0.2, 0.25) is 10.0 Å². The van der Waals surface area contributed by atoms with Gasteiger partial charge in [-0.3, -0.25) is 0 Å². The first-order valence-corrected chi connectivity index (χ1v) is 9.11. The Bertz CT molecular complexity index is 804. The summed E-state index contributed by atoms with van der Waals surface area (Å²) in [5.74, 6) is 0.881. The van der Waals surface area contributed by atoms with E-state index >= 15 is 0 Å². The van der Waals surface area contributed by atoms with Crippen LogP contribution in [0.1, 0.15) is 18.5 Å². The first-order chi connectivity index (χ1) is 10.6. The Morgan fingerprint density at radius 1 is 1.18 bits per heavy atom. The van der Waals surface area contributed by atoms with Crippen molar-refractivity contribution in [1.82, 2.24) is 18.9 Å². The first-order valence-electron chi connectivity index (χ1n) is 7.60. The van der Waals surface area contributed by atoms with E-state index in [1.807, 2.05) is 23.7 Å². The molecule has 22 heavy (non-hydrogen) atoms. The molecule has 0 atom stereocenters. The highest BCUT2D eigenvalue weighted by atomic mass is 32.2. The molecular weight excluding hydrogens is 302 g/mol. The molecule has 8 heteroatoms. The quantitative estimate of drug-likeness (QED) is 0.830. The van der Waals surface area contributed by atoms with E-state index in [1.165, 1.54) is 0 Å². The molecule has 118 valence electrons. The number of hydrogen-bond acceptors (Lipinski definition) is 5. The molecule has 2 aromatic heterocycles. The molecule has 7 nitrogen and oxygen atoms in total. The van der Waals surface area contributed by atoms with Crippen molar-refractivity contribution >= 4 is 21.4 Å². The van der Waals surface area contributed by atoms with Gasteiger partial charge in [0.1, 0.15) is 5.52 Å². The molecule has 1 aliphatic carbocycles. The lowest BCUT2D eigenvalue weighted by Crippen LogP contribution is -2.49. The number of nitrogens with zero attached hydrogens (tertiary/aromatic N) is 5. The third-order valence-corrected chi connectivity index (χ3v) is 6.73. The van der Waals surface area contributed by atoms with Crippen molar-refractivity contribution < 1.29 is 8.42 Å². The molecule has 2 fully saturated rings. The summed E-state index contributed by atoms with van der Waals surface area (Å²) < 4.78 is 28.0. The van der Waals surface area contributed by atoms with Crippen LogP contribution in [0.4, 0.5) is 5.82 Å². The molecular formula is C14H19N5O2S. The second kappa shape index (κ2) is 4.92. The minimum Gasteiger partial charge on any atom is -0.352 e. The Hall–Kier alpha value is -1.67. The largest absolute Gasteiger partial charge is 0.352 e. The third kappa shape index (κ3) is 2.26. The maximum absolute atomic E-state index is 12.3. The molecule has 2 aliphatic rings. The molecule has 0 radical (unpaired) electrons. The van der Waals surface area contributed by atoms with Gasteiger partial charge in [0.05, 0.1) is 10.9 Å².